The second-order valence-electron chi connectivity index (χ2n) is 13.2. The van der Waals surface area contributed by atoms with Crippen molar-refractivity contribution in [3.63, 3.8) is 0 Å². The Bertz CT molecular complexity index is 1490. The SMILES string of the molecule is CC(C)C1(CCc2ccc(O)cc2)CC(O)=C(Sc2cc3ccn(C(=O)OC(C)(C)C)c3cc2C(C)(C)C)C(=O)O1. The number of rotatable bonds is 6. The molecule has 4 rings (SSSR count). The zero-order valence-corrected chi connectivity index (χ0v) is 26.0. The molecule has 7 nitrogen and oxygen atoms in total. The normalized spacial score (nSPS) is 18.2. The molecular weight excluding hydrogens is 538 g/mol. The van der Waals surface area contributed by atoms with Crippen LogP contribution < -0.4 is 0 Å². The maximum absolute atomic E-state index is 13.5. The Hall–Kier alpha value is -3.39. The van der Waals surface area contributed by atoms with E-state index in [9.17, 15) is 19.8 Å². The van der Waals surface area contributed by atoms with Gasteiger partial charge in [0, 0.05) is 22.9 Å². The molecule has 0 aliphatic carbocycles. The fraction of sp³-hybridized carbons (Fsp3) is 0.455. The Morgan fingerprint density at radius 3 is 2.29 bits per heavy atom. The van der Waals surface area contributed by atoms with Crippen LogP contribution in [0.4, 0.5) is 4.79 Å². The molecule has 0 spiro atoms. The van der Waals surface area contributed by atoms with Crippen LogP contribution in [0.3, 0.4) is 0 Å². The van der Waals surface area contributed by atoms with E-state index in [0.717, 1.165) is 21.4 Å². The Labute approximate surface area is 246 Å². The number of nitrogens with zero attached hydrogens (tertiary/aromatic N) is 1. The number of hydrogen-bond acceptors (Lipinski definition) is 7. The number of cyclic esters (lactones) is 1. The Kier molecular flexibility index (Phi) is 8.29. The van der Waals surface area contributed by atoms with Gasteiger partial charge in [-0.15, -0.1) is 0 Å². The lowest BCUT2D eigenvalue weighted by Crippen LogP contribution is -2.44. The molecule has 3 aromatic rings. The fourth-order valence-corrected chi connectivity index (χ4v) is 6.23. The van der Waals surface area contributed by atoms with Crippen LogP contribution in [0.15, 0.2) is 64.2 Å². The van der Waals surface area contributed by atoms with Gasteiger partial charge in [0.05, 0.1) is 5.52 Å². The number of carbonyl (C=O) groups excluding carboxylic acids is 2. The number of ether oxygens (including phenoxy) is 2. The van der Waals surface area contributed by atoms with Gasteiger partial charge in [-0.3, -0.25) is 4.57 Å². The maximum atomic E-state index is 13.5. The molecule has 0 saturated carbocycles. The lowest BCUT2D eigenvalue weighted by atomic mass is 9.80. The van der Waals surface area contributed by atoms with Gasteiger partial charge >= 0.3 is 12.1 Å². The molecule has 1 aliphatic heterocycles. The van der Waals surface area contributed by atoms with Gasteiger partial charge in [-0.05, 0) is 86.4 Å². The summed E-state index contributed by atoms with van der Waals surface area (Å²) in [5, 5.41) is 21.7. The quantitative estimate of drug-likeness (QED) is 0.284. The second-order valence-corrected chi connectivity index (χ2v) is 14.2. The first-order valence-corrected chi connectivity index (χ1v) is 14.8. The predicted molar refractivity (Wildman–Crippen MR) is 162 cm³/mol. The number of aliphatic hydroxyl groups excluding tert-OH is 1. The molecule has 1 aromatic heterocycles. The molecule has 41 heavy (non-hydrogen) atoms. The standard InChI is InChI=1S/C33H41NO6S/c1-20(2)33(15-13-21-9-11-23(35)12-10-21)19-26(36)28(29(37)39-33)41-27-17-22-14-16-34(30(38)40-32(6,7)8)25(22)18-24(27)31(3,4)5/h9-12,14,16-18,20,35-36H,13,15,19H2,1-8H3. The Morgan fingerprint density at radius 1 is 1.07 bits per heavy atom. The van der Waals surface area contributed by atoms with Crippen molar-refractivity contribution < 1.29 is 29.3 Å². The summed E-state index contributed by atoms with van der Waals surface area (Å²) < 4.78 is 13.2. The van der Waals surface area contributed by atoms with E-state index in [4.69, 9.17) is 9.47 Å². The molecule has 0 radical (unpaired) electrons. The van der Waals surface area contributed by atoms with Crippen LogP contribution in [0.5, 0.6) is 5.75 Å². The molecule has 220 valence electrons. The van der Waals surface area contributed by atoms with E-state index in [1.807, 2.05) is 65.0 Å². The summed E-state index contributed by atoms with van der Waals surface area (Å²) in [5.41, 5.74) is 0.872. The number of aromatic hydroxyl groups is 1. The first-order chi connectivity index (χ1) is 19.0. The molecule has 8 heteroatoms. The van der Waals surface area contributed by atoms with E-state index < -0.39 is 23.3 Å². The number of phenols is 1. The summed E-state index contributed by atoms with van der Waals surface area (Å²) in [4.78, 5) is 27.4. The number of aryl methyl sites for hydroxylation is 1. The highest BCUT2D eigenvalue weighted by Gasteiger charge is 2.44. The van der Waals surface area contributed by atoms with Crippen molar-refractivity contribution in [3.8, 4) is 5.75 Å². The minimum Gasteiger partial charge on any atom is -0.511 e. The molecule has 2 heterocycles. The zero-order chi connectivity index (χ0) is 30.3. The van der Waals surface area contributed by atoms with Crippen molar-refractivity contribution in [1.29, 1.82) is 0 Å². The summed E-state index contributed by atoms with van der Waals surface area (Å²) in [6, 6.07) is 12.7. The molecule has 0 saturated heterocycles. The van der Waals surface area contributed by atoms with Gasteiger partial charge < -0.3 is 19.7 Å². The van der Waals surface area contributed by atoms with Crippen LogP contribution in [0.1, 0.15) is 79.4 Å². The molecule has 1 aliphatic rings. The molecule has 1 unspecified atom stereocenters. The number of phenolic OH excluding ortho intramolecular Hbond substituents is 1. The topological polar surface area (TPSA) is 98.0 Å². The van der Waals surface area contributed by atoms with Crippen molar-refractivity contribution in [2.75, 3.05) is 0 Å². The highest BCUT2D eigenvalue weighted by Crippen LogP contribution is 2.46. The first-order valence-electron chi connectivity index (χ1n) is 14.0. The van der Waals surface area contributed by atoms with E-state index in [2.05, 4.69) is 20.8 Å². The minimum absolute atomic E-state index is 0.0219. The lowest BCUT2D eigenvalue weighted by molar-refractivity contribution is -0.164. The average molecular weight is 580 g/mol. The van der Waals surface area contributed by atoms with Gasteiger partial charge in [0.15, 0.2) is 0 Å². The number of aliphatic hydroxyl groups is 1. The van der Waals surface area contributed by atoms with Crippen molar-refractivity contribution >= 4 is 34.7 Å². The number of esters is 1. The second kappa shape index (κ2) is 11.1. The van der Waals surface area contributed by atoms with Crippen LogP contribution >= 0.6 is 11.8 Å². The molecule has 1 atom stereocenters. The number of aromatic nitrogens is 1. The molecule has 0 amide bonds. The van der Waals surface area contributed by atoms with Crippen LogP contribution in [0.2, 0.25) is 0 Å². The summed E-state index contributed by atoms with van der Waals surface area (Å²) in [7, 11) is 0. The smallest absolute Gasteiger partial charge is 0.418 e. The van der Waals surface area contributed by atoms with Crippen LogP contribution in [0, 0.1) is 5.92 Å². The highest BCUT2D eigenvalue weighted by atomic mass is 32.2. The predicted octanol–water partition coefficient (Wildman–Crippen LogP) is 8.26. The maximum Gasteiger partial charge on any atom is 0.418 e. The third-order valence-electron chi connectivity index (χ3n) is 7.44. The number of benzene rings is 2. The van der Waals surface area contributed by atoms with Gasteiger partial charge in [0.1, 0.15) is 27.6 Å². The summed E-state index contributed by atoms with van der Waals surface area (Å²) >= 11 is 1.21. The van der Waals surface area contributed by atoms with Gasteiger partial charge in [-0.25, -0.2) is 9.59 Å². The van der Waals surface area contributed by atoms with Gasteiger partial charge in [0.25, 0.3) is 0 Å². The van der Waals surface area contributed by atoms with Gasteiger partial charge in [0.2, 0.25) is 0 Å². The van der Waals surface area contributed by atoms with Gasteiger partial charge in [-0.1, -0.05) is 58.5 Å². The first kappa shape index (κ1) is 30.6. The van der Waals surface area contributed by atoms with Crippen LogP contribution in [-0.4, -0.2) is 38.0 Å². The summed E-state index contributed by atoms with van der Waals surface area (Å²) in [5.74, 6) is -0.333. The Morgan fingerprint density at radius 2 is 1.73 bits per heavy atom. The number of fused-ring (bicyclic) bond motifs is 1. The monoisotopic (exact) mass is 579 g/mol. The average Bonchev–Trinajstić information content (AvgIpc) is 3.27. The van der Waals surface area contributed by atoms with E-state index in [1.165, 1.54) is 16.3 Å². The van der Waals surface area contributed by atoms with Gasteiger partial charge in [-0.2, -0.15) is 0 Å². The summed E-state index contributed by atoms with van der Waals surface area (Å²) in [6.45, 7) is 15.7. The number of carbonyl (C=O) groups is 2. The third kappa shape index (κ3) is 6.75. The Balaban J connectivity index is 1.66. The molecule has 2 aromatic carbocycles. The van der Waals surface area contributed by atoms with Crippen molar-refractivity contribution in [2.24, 2.45) is 5.92 Å². The highest BCUT2D eigenvalue weighted by molar-refractivity contribution is 8.04. The van der Waals surface area contributed by atoms with E-state index in [-0.39, 0.29) is 34.2 Å². The van der Waals surface area contributed by atoms with Crippen molar-refractivity contribution in [1.82, 2.24) is 4.57 Å². The zero-order valence-electron chi connectivity index (χ0n) is 25.2. The van der Waals surface area contributed by atoms with Crippen molar-refractivity contribution in [2.45, 2.75) is 96.2 Å². The fourth-order valence-electron chi connectivity index (χ4n) is 5.03. The van der Waals surface area contributed by atoms with E-state index in [0.29, 0.717) is 18.4 Å². The van der Waals surface area contributed by atoms with Crippen LogP contribution in [-0.2, 0) is 26.1 Å². The van der Waals surface area contributed by atoms with E-state index >= 15 is 0 Å². The van der Waals surface area contributed by atoms with Crippen LogP contribution in [0.25, 0.3) is 10.9 Å². The van der Waals surface area contributed by atoms with Crippen molar-refractivity contribution in [3.05, 3.63) is 70.5 Å². The minimum atomic E-state index is -0.843. The molecular formula is C33H41NO6S. The molecule has 2 N–H and O–H groups in total. The lowest BCUT2D eigenvalue weighted by Gasteiger charge is -2.40. The summed E-state index contributed by atoms with van der Waals surface area (Å²) in [6.07, 6.45) is 2.64. The largest absolute Gasteiger partial charge is 0.511 e. The third-order valence-corrected chi connectivity index (χ3v) is 8.60. The number of hydrogen-bond donors (Lipinski definition) is 2. The van der Waals surface area contributed by atoms with E-state index in [1.54, 1.807) is 18.3 Å². The molecule has 0 fully saturated rings. The molecule has 0 bridgehead atoms. The number of thioether (sulfide) groups is 1.